The van der Waals surface area contributed by atoms with Crippen molar-refractivity contribution in [3.8, 4) is 5.75 Å². The molecule has 124 valence electrons. The topological polar surface area (TPSA) is 64.2 Å². The number of benzene rings is 1. The molecule has 0 saturated heterocycles. The number of nitrogens with zero attached hydrogens (tertiary/aromatic N) is 1. The van der Waals surface area contributed by atoms with Gasteiger partial charge in [0, 0.05) is 13.3 Å². The van der Waals surface area contributed by atoms with Crippen LogP contribution in [0.1, 0.15) is 27.2 Å². The normalized spacial score (nSPS) is 11.5. The van der Waals surface area contributed by atoms with Crippen LogP contribution in [-0.4, -0.2) is 29.7 Å². The Morgan fingerprint density at radius 1 is 1.35 bits per heavy atom. The molecule has 0 bridgehead atoms. The van der Waals surface area contributed by atoms with E-state index in [0.717, 1.165) is 6.07 Å². The fourth-order valence-electron chi connectivity index (χ4n) is 2.08. The van der Waals surface area contributed by atoms with Crippen molar-refractivity contribution in [2.45, 2.75) is 19.5 Å². The van der Waals surface area contributed by atoms with E-state index in [1.54, 1.807) is 0 Å². The first kappa shape index (κ1) is 17.0. The van der Waals surface area contributed by atoms with Gasteiger partial charge in [0.15, 0.2) is 5.69 Å². The molecule has 0 fully saturated rings. The summed E-state index contributed by atoms with van der Waals surface area (Å²) in [7, 11) is 1.48. The summed E-state index contributed by atoms with van der Waals surface area (Å²) in [5.74, 6) is -0.977. The number of aromatic nitrogens is 2. The number of esters is 1. The van der Waals surface area contributed by atoms with Crippen molar-refractivity contribution in [1.82, 2.24) is 9.97 Å². The van der Waals surface area contributed by atoms with Crippen LogP contribution < -0.4 is 4.74 Å². The number of aryl methyl sites for hydroxylation is 1. The molecule has 0 aliphatic carbocycles. The highest BCUT2D eigenvalue weighted by Gasteiger charge is 2.33. The van der Waals surface area contributed by atoms with Gasteiger partial charge < -0.3 is 14.5 Å². The average molecular weight is 328 g/mol. The Labute approximate surface area is 130 Å². The molecule has 0 saturated carbocycles. The lowest BCUT2D eigenvalue weighted by atomic mass is 10.0. The molecule has 2 aromatic rings. The number of nitrogens with one attached hydrogen (secondary N) is 1. The maximum atomic E-state index is 13.0. The van der Waals surface area contributed by atoms with Crippen LogP contribution in [-0.2, 0) is 17.3 Å². The standard InChI is InChI=1S/C15H15F3N2O3/c1-9-5-10(3-4-22-2)13(6-11(9)15(16,17)18)23-14(21)12-7-19-8-20-12/h5-8H,3-4H2,1-2H3,(H,19,20). The largest absolute Gasteiger partial charge is 0.421 e. The van der Waals surface area contributed by atoms with Crippen LogP contribution in [0.25, 0.3) is 0 Å². The highest BCUT2D eigenvalue weighted by atomic mass is 19.4. The van der Waals surface area contributed by atoms with Gasteiger partial charge in [0.1, 0.15) is 5.75 Å². The van der Waals surface area contributed by atoms with Gasteiger partial charge in [-0.25, -0.2) is 9.78 Å². The fourth-order valence-corrected chi connectivity index (χ4v) is 2.08. The first-order valence-electron chi connectivity index (χ1n) is 6.73. The summed E-state index contributed by atoms with van der Waals surface area (Å²) in [5.41, 5.74) is -0.343. The van der Waals surface area contributed by atoms with Crippen LogP contribution in [0.4, 0.5) is 13.2 Å². The maximum absolute atomic E-state index is 13.0. The van der Waals surface area contributed by atoms with Crippen molar-refractivity contribution in [3.63, 3.8) is 0 Å². The predicted octanol–water partition coefficient (Wildman–Crippen LogP) is 3.15. The van der Waals surface area contributed by atoms with E-state index in [2.05, 4.69) is 9.97 Å². The number of carbonyl (C=O) groups excluding carboxylic acids is 1. The number of H-pyrrole nitrogens is 1. The third-order valence-corrected chi connectivity index (χ3v) is 3.20. The quantitative estimate of drug-likeness (QED) is 0.676. The Balaban J connectivity index is 2.38. The van der Waals surface area contributed by atoms with E-state index < -0.39 is 17.7 Å². The predicted molar refractivity (Wildman–Crippen MR) is 75.3 cm³/mol. The van der Waals surface area contributed by atoms with Crippen LogP contribution >= 0.6 is 0 Å². The second-order valence-corrected chi connectivity index (χ2v) is 4.86. The zero-order valence-electron chi connectivity index (χ0n) is 12.5. The third kappa shape index (κ3) is 4.10. The zero-order chi connectivity index (χ0) is 17.0. The van der Waals surface area contributed by atoms with E-state index in [1.807, 2.05) is 0 Å². The molecule has 0 radical (unpaired) electrons. The van der Waals surface area contributed by atoms with E-state index >= 15 is 0 Å². The van der Waals surface area contributed by atoms with Crippen LogP contribution in [0.2, 0.25) is 0 Å². The van der Waals surface area contributed by atoms with Gasteiger partial charge in [-0.1, -0.05) is 6.07 Å². The molecular weight excluding hydrogens is 313 g/mol. The lowest BCUT2D eigenvalue weighted by Crippen LogP contribution is -2.14. The second kappa shape index (κ2) is 6.82. The highest BCUT2D eigenvalue weighted by molar-refractivity contribution is 5.88. The monoisotopic (exact) mass is 328 g/mol. The van der Waals surface area contributed by atoms with Crippen molar-refractivity contribution < 1.29 is 27.4 Å². The highest BCUT2D eigenvalue weighted by Crippen LogP contribution is 2.36. The molecule has 0 atom stereocenters. The summed E-state index contributed by atoms with van der Waals surface area (Å²) in [6.07, 6.45) is -1.63. The summed E-state index contributed by atoms with van der Waals surface area (Å²) in [6.45, 7) is 1.65. The van der Waals surface area contributed by atoms with Gasteiger partial charge >= 0.3 is 12.1 Å². The smallest absolute Gasteiger partial charge is 0.416 e. The molecule has 1 N–H and O–H groups in total. The number of halogens is 3. The van der Waals surface area contributed by atoms with Gasteiger partial charge in [0.25, 0.3) is 0 Å². The van der Waals surface area contributed by atoms with Crippen molar-refractivity contribution in [2.24, 2.45) is 0 Å². The van der Waals surface area contributed by atoms with Crippen LogP contribution in [0.15, 0.2) is 24.7 Å². The number of hydrogen-bond donors (Lipinski definition) is 1. The fraction of sp³-hybridized carbons (Fsp3) is 0.333. The lowest BCUT2D eigenvalue weighted by molar-refractivity contribution is -0.138. The van der Waals surface area contributed by atoms with Crippen molar-refractivity contribution in [1.29, 1.82) is 0 Å². The van der Waals surface area contributed by atoms with E-state index in [0.29, 0.717) is 12.0 Å². The SMILES string of the molecule is COCCc1cc(C)c(C(F)(F)F)cc1OC(=O)c1c[nH]cn1. The van der Waals surface area contributed by atoms with Gasteiger partial charge in [0.2, 0.25) is 0 Å². The molecule has 1 heterocycles. The minimum absolute atomic E-state index is 0.0168. The third-order valence-electron chi connectivity index (χ3n) is 3.20. The minimum Gasteiger partial charge on any atom is -0.421 e. The number of alkyl halides is 3. The van der Waals surface area contributed by atoms with Gasteiger partial charge in [-0.15, -0.1) is 0 Å². The second-order valence-electron chi connectivity index (χ2n) is 4.86. The number of methoxy groups -OCH3 is 1. The van der Waals surface area contributed by atoms with Gasteiger partial charge in [-0.05, 0) is 30.5 Å². The number of rotatable bonds is 5. The molecule has 23 heavy (non-hydrogen) atoms. The molecule has 1 aromatic heterocycles. The molecule has 0 spiro atoms. The van der Waals surface area contributed by atoms with E-state index in [1.165, 1.54) is 32.6 Å². The summed E-state index contributed by atoms with van der Waals surface area (Å²) in [5, 5.41) is 0. The summed E-state index contributed by atoms with van der Waals surface area (Å²) in [6, 6.07) is 2.19. The Kier molecular flexibility index (Phi) is 5.05. The molecule has 0 amide bonds. The molecule has 8 heteroatoms. The van der Waals surface area contributed by atoms with Crippen molar-refractivity contribution >= 4 is 5.97 Å². The van der Waals surface area contributed by atoms with Gasteiger partial charge in [-0.3, -0.25) is 0 Å². The Morgan fingerprint density at radius 3 is 2.65 bits per heavy atom. The zero-order valence-corrected chi connectivity index (χ0v) is 12.5. The van der Waals surface area contributed by atoms with Gasteiger partial charge in [0.05, 0.1) is 18.5 Å². The van der Waals surface area contributed by atoms with E-state index in [4.69, 9.17) is 9.47 Å². The van der Waals surface area contributed by atoms with Gasteiger partial charge in [-0.2, -0.15) is 13.2 Å². The maximum Gasteiger partial charge on any atom is 0.416 e. The average Bonchev–Trinajstić information content (AvgIpc) is 3.00. The minimum atomic E-state index is -4.53. The molecule has 0 aliphatic rings. The van der Waals surface area contributed by atoms with E-state index in [9.17, 15) is 18.0 Å². The lowest BCUT2D eigenvalue weighted by Gasteiger charge is -2.16. The number of imidazole rings is 1. The number of hydrogen-bond acceptors (Lipinski definition) is 4. The molecule has 1 aromatic carbocycles. The van der Waals surface area contributed by atoms with Crippen molar-refractivity contribution in [2.75, 3.05) is 13.7 Å². The molecule has 0 unspecified atom stereocenters. The molecule has 2 rings (SSSR count). The summed E-state index contributed by atoms with van der Waals surface area (Å²) < 4.78 is 49.2. The van der Waals surface area contributed by atoms with E-state index in [-0.39, 0.29) is 23.6 Å². The van der Waals surface area contributed by atoms with Crippen molar-refractivity contribution in [3.05, 3.63) is 47.0 Å². The Bertz CT molecular complexity index is 682. The Hall–Kier alpha value is -2.35. The molecule has 5 nitrogen and oxygen atoms in total. The first-order chi connectivity index (χ1) is 10.8. The van der Waals surface area contributed by atoms with Crippen LogP contribution in [0.3, 0.4) is 0 Å². The number of aromatic amines is 1. The first-order valence-corrected chi connectivity index (χ1v) is 6.73. The molecular formula is C15H15F3N2O3. The number of ether oxygens (including phenoxy) is 2. The summed E-state index contributed by atoms with van der Waals surface area (Å²) >= 11 is 0. The van der Waals surface area contributed by atoms with Crippen LogP contribution in [0, 0.1) is 6.92 Å². The van der Waals surface area contributed by atoms with Crippen LogP contribution in [0.5, 0.6) is 5.75 Å². The summed E-state index contributed by atoms with van der Waals surface area (Å²) in [4.78, 5) is 18.2. The Morgan fingerprint density at radius 2 is 2.09 bits per heavy atom. The number of carbonyl (C=O) groups is 1. The molecule has 0 aliphatic heterocycles.